The number of thiazole rings is 1. The van der Waals surface area contributed by atoms with Crippen molar-refractivity contribution in [1.29, 1.82) is 0 Å². The zero-order valence-corrected chi connectivity index (χ0v) is 23.0. The van der Waals surface area contributed by atoms with Crippen LogP contribution in [0, 0.1) is 17.0 Å². The molecule has 0 unspecified atom stereocenters. The summed E-state index contributed by atoms with van der Waals surface area (Å²) in [6.45, 7) is 5.27. The summed E-state index contributed by atoms with van der Waals surface area (Å²) in [6.07, 6.45) is 1.60. The summed E-state index contributed by atoms with van der Waals surface area (Å²) in [5, 5.41) is 11.4. The van der Waals surface area contributed by atoms with E-state index in [0.29, 0.717) is 49.0 Å². The fourth-order valence-corrected chi connectivity index (χ4v) is 5.68. The zero-order chi connectivity index (χ0) is 28.6. The first kappa shape index (κ1) is 26.8. The number of carbonyl (C=O) groups is 1. The highest BCUT2D eigenvalue weighted by Gasteiger charge is 2.35. The zero-order valence-electron chi connectivity index (χ0n) is 22.2. The van der Waals surface area contributed by atoms with Crippen molar-refractivity contribution >= 4 is 29.1 Å². The quantitative estimate of drug-likeness (QED) is 0.188. The molecule has 1 aliphatic heterocycles. The number of hydrogen-bond acceptors (Lipinski definition) is 9. The predicted molar refractivity (Wildman–Crippen MR) is 149 cm³/mol. The van der Waals surface area contributed by atoms with Gasteiger partial charge in [0.05, 0.1) is 34.4 Å². The average molecular weight is 560 g/mol. The summed E-state index contributed by atoms with van der Waals surface area (Å²) in [7, 11) is 1.53. The molecule has 2 aromatic heterocycles. The number of nitro benzene ring substituents is 1. The van der Waals surface area contributed by atoms with Gasteiger partial charge >= 0.3 is 5.97 Å². The number of furan rings is 1. The van der Waals surface area contributed by atoms with Crippen LogP contribution >= 0.6 is 11.3 Å². The number of ether oxygens (including phenoxy) is 2. The number of aryl methyl sites for hydroxylation is 1. The lowest BCUT2D eigenvalue weighted by Crippen LogP contribution is -2.40. The second-order valence-electron chi connectivity index (χ2n) is 9.00. The largest absolute Gasteiger partial charge is 0.496 e. The van der Waals surface area contributed by atoms with Crippen molar-refractivity contribution in [1.82, 2.24) is 4.57 Å². The van der Waals surface area contributed by atoms with Gasteiger partial charge in [-0.05, 0) is 39.0 Å². The van der Waals surface area contributed by atoms with Crippen molar-refractivity contribution in [3.63, 3.8) is 0 Å². The molecule has 1 atom stereocenters. The molecule has 0 saturated heterocycles. The maximum atomic E-state index is 13.8. The Morgan fingerprint density at radius 2 is 1.98 bits per heavy atom. The Bertz CT molecular complexity index is 1860. The number of aromatic nitrogens is 1. The Balaban J connectivity index is 1.64. The number of benzene rings is 2. The Kier molecular flexibility index (Phi) is 7.22. The SMILES string of the molecule is CCOC(=O)C1=C(C)N=c2s/c(=C\c3ccc(-c4ccc(C)c([N+](=O)[O-])c4)o3)c(=O)n2[C@@H]1c1ccccc1OC. The third-order valence-electron chi connectivity index (χ3n) is 6.54. The van der Waals surface area contributed by atoms with Crippen LogP contribution in [0.2, 0.25) is 0 Å². The average Bonchev–Trinajstić information content (AvgIpc) is 3.52. The smallest absolute Gasteiger partial charge is 0.338 e. The van der Waals surface area contributed by atoms with Gasteiger partial charge in [0.25, 0.3) is 11.2 Å². The van der Waals surface area contributed by atoms with E-state index in [2.05, 4.69) is 4.99 Å². The molecule has 10 nitrogen and oxygen atoms in total. The van der Waals surface area contributed by atoms with Crippen LogP contribution < -0.4 is 19.6 Å². The van der Waals surface area contributed by atoms with E-state index < -0.39 is 16.9 Å². The fourth-order valence-electron chi connectivity index (χ4n) is 4.65. The van der Waals surface area contributed by atoms with Gasteiger partial charge in [0.2, 0.25) is 0 Å². The van der Waals surface area contributed by atoms with E-state index in [-0.39, 0.29) is 23.4 Å². The molecule has 0 amide bonds. The van der Waals surface area contributed by atoms with Gasteiger partial charge in [0.15, 0.2) is 4.80 Å². The molecule has 0 saturated carbocycles. The van der Waals surface area contributed by atoms with Crippen LogP contribution in [0.1, 0.15) is 36.8 Å². The summed E-state index contributed by atoms with van der Waals surface area (Å²) < 4.78 is 18.7. The minimum absolute atomic E-state index is 0.00660. The van der Waals surface area contributed by atoms with Crippen molar-refractivity contribution in [3.05, 3.63) is 113 Å². The number of allylic oxidation sites excluding steroid dienone is 1. The molecule has 0 spiro atoms. The van der Waals surface area contributed by atoms with Crippen molar-refractivity contribution in [2.75, 3.05) is 13.7 Å². The first-order chi connectivity index (χ1) is 19.2. The number of carbonyl (C=O) groups excluding carboxylic acids is 1. The molecule has 0 radical (unpaired) electrons. The summed E-state index contributed by atoms with van der Waals surface area (Å²) in [6, 6.07) is 14.6. The normalized spacial score (nSPS) is 15.0. The third-order valence-corrected chi connectivity index (χ3v) is 7.52. The number of para-hydroxylation sites is 1. The number of nitrogens with zero attached hydrogens (tertiary/aromatic N) is 3. The molecule has 0 bridgehead atoms. The van der Waals surface area contributed by atoms with E-state index >= 15 is 0 Å². The van der Waals surface area contributed by atoms with Crippen LogP contribution in [0.3, 0.4) is 0 Å². The van der Waals surface area contributed by atoms with E-state index in [0.717, 1.165) is 11.3 Å². The van der Waals surface area contributed by atoms with Crippen LogP contribution in [-0.4, -0.2) is 29.2 Å². The van der Waals surface area contributed by atoms with Crippen LogP contribution in [0.5, 0.6) is 5.75 Å². The number of esters is 1. The lowest BCUT2D eigenvalue weighted by atomic mass is 9.95. The molecule has 5 rings (SSSR count). The molecule has 11 heteroatoms. The molecule has 0 aliphatic carbocycles. The van der Waals surface area contributed by atoms with E-state index in [1.165, 1.54) is 17.7 Å². The molecule has 0 N–H and O–H groups in total. The number of fused-ring (bicyclic) bond motifs is 1. The molecule has 0 fully saturated rings. The predicted octanol–water partition coefficient (Wildman–Crippen LogP) is 4.28. The Hall–Kier alpha value is -4.77. The first-order valence-corrected chi connectivity index (χ1v) is 13.2. The van der Waals surface area contributed by atoms with Gasteiger partial charge in [-0.2, -0.15) is 0 Å². The van der Waals surface area contributed by atoms with Crippen LogP contribution in [0.4, 0.5) is 5.69 Å². The first-order valence-electron chi connectivity index (χ1n) is 12.4. The van der Waals surface area contributed by atoms with Crippen molar-refractivity contribution in [2.24, 2.45) is 4.99 Å². The van der Waals surface area contributed by atoms with Crippen LogP contribution in [0.25, 0.3) is 17.4 Å². The highest BCUT2D eigenvalue weighted by atomic mass is 32.1. The number of rotatable bonds is 7. The summed E-state index contributed by atoms with van der Waals surface area (Å²) in [4.78, 5) is 42.8. The lowest BCUT2D eigenvalue weighted by Gasteiger charge is -2.25. The van der Waals surface area contributed by atoms with Crippen molar-refractivity contribution < 1.29 is 23.6 Å². The van der Waals surface area contributed by atoms with Gasteiger partial charge in [-0.15, -0.1) is 0 Å². The lowest BCUT2D eigenvalue weighted by molar-refractivity contribution is -0.385. The topological polar surface area (TPSA) is 126 Å². The van der Waals surface area contributed by atoms with Gasteiger partial charge in [0.1, 0.15) is 23.3 Å². The van der Waals surface area contributed by atoms with Crippen LogP contribution in [0.15, 0.2) is 80.1 Å². The molecule has 4 aromatic rings. The number of nitro groups is 1. The summed E-state index contributed by atoms with van der Waals surface area (Å²) in [5.74, 6) is 0.770. The molecule has 40 heavy (non-hydrogen) atoms. The molecular weight excluding hydrogens is 534 g/mol. The van der Waals surface area contributed by atoms with Gasteiger partial charge in [-0.25, -0.2) is 9.79 Å². The van der Waals surface area contributed by atoms with Gasteiger partial charge in [-0.3, -0.25) is 19.5 Å². The highest BCUT2D eigenvalue weighted by Crippen LogP contribution is 2.35. The van der Waals surface area contributed by atoms with Gasteiger partial charge in [0, 0.05) is 28.8 Å². The maximum absolute atomic E-state index is 13.8. The molecule has 2 aromatic carbocycles. The number of methoxy groups -OCH3 is 1. The molecule has 1 aliphatic rings. The number of hydrogen-bond donors (Lipinski definition) is 0. The van der Waals surface area contributed by atoms with Gasteiger partial charge < -0.3 is 13.9 Å². The second-order valence-corrected chi connectivity index (χ2v) is 10.0. The Morgan fingerprint density at radius 1 is 1.20 bits per heavy atom. The van der Waals surface area contributed by atoms with E-state index in [9.17, 15) is 19.7 Å². The van der Waals surface area contributed by atoms with Crippen molar-refractivity contribution in [3.8, 4) is 17.1 Å². The molecule has 204 valence electrons. The van der Waals surface area contributed by atoms with E-state index in [1.807, 2.05) is 12.1 Å². The molecule has 3 heterocycles. The summed E-state index contributed by atoms with van der Waals surface area (Å²) >= 11 is 1.16. The van der Waals surface area contributed by atoms with Crippen molar-refractivity contribution in [2.45, 2.75) is 26.8 Å². The maximum Gasteiger partial charge on any atom is 0.338 e. The minimum atomic E-state index is -0.811. The van der Waals surface area contributed by atoms with Gasteiger partial charge in [-0.1, -0.05) is 41.7 Å². The third kappa shape index (κ3) is 4.75. The highest BCUT2D eigenvalue weighted by molar-refractivity contribution is 7.07. The Labute approximate surface area is 232 Å². The Morgan fingerprint density at radius 3 is 2.70 bits per heavy atom. The monoisotopic (exact) mass is 559 g/mol. The standard InChI is InChI=1S/C29H25N3O7S/c1-5-38-28(34)25-17(3)30-29-31(26(25)20-8-6-7-9-23(20)37-4)27(33)24(40-29)15-19-12-13-22(39-19)18-11-10-16(2)21(14-18)32(35)36/h6-15,26H,5H2,1-4H3/b24-15-/t26-/m1/s1. The van der Waals surface area contributed by atoms with E-state index in [4.69, 9.17) is 13.9 Å². The molecular formula is C29H25N3O7S. The van der Waals surface area contributed by atoms with Crippen LogP contribution in [-0.2, 0) is 9.53 Å². The minimum Gasteiger partial charge on any atom is -0.496 e. The van der Waals surface area contributed by atoms with E-state index in [1.54, 1.807) is 63.2 Å². The second kappa shape index (κ2) is 10.8. The fraction of sp³-hybridized carbons (Fsp3) is 0.207. The summed E-state index contributed by atoms with van der Waals surface area (Å²) in [5.41, 5.74) is 2.05.